The standard InChI is InChI=1S/C19H15NO6S2/c1-25-14-5-3-4-10(16(14)26-2)8-15-17(22)20(19(27)28-15)11-6-7-12(18(23)24)13(21)9-11/h3-9,21H,1-2H3,(H,23,24)/b15-8-. The smallest absolute Gasteiger partial charge is 0.339 e. The Labute approximate surface area is 170 Å². The highest BCUT2D eigenvalue weighted by molar-refractivity contribution is 8.27. The number of aromatic carboxylic acids is 1. The number of hydrogen-bond acceptors (Lipinski definition) is 7. The maximum Gasteiger partial charge on any atom is 0.339 e. The van der Waals surface area contributed by atoms with Crippen LogP contribution in [0.2, 0.25) is 0 Å². The molecule has 1 fully saturated rings. The average Bonchev–Trinajstić information content (AvgIpc) is 2.94. The molecule has 0 radical (unpaired) electrons. The minimum Gasteiger partial charge on any atom is -0.507 e. The number of phenols is 1. The number of amides is 1. The maximum atomic E-state index is 12.9. The lowest BCUT2D eigenvalue weighted by Crippen LogP contribution is -2.27. The molecule has 144 valence electrons. The van der Waals surface area contributed by atoms with E-state index in [1.54, 1.807) is 24.3 Å². The summed E-state index contributed by atoms with van der Waals surface area (Å²) in [5, 5.41) is 18.9. The Kier molecular flexibility index (Phi) is 5.57. The number of carbonyl (C=O) groups is 2. The molecule has 0 aliphatic carbocycles. The molecule has 2 aromatic rings. The number of rotatable bonds is 5. The fourth-order valence-corrected chi connectivity index (χ4v) is 3.99. The van der Waals surface area contributed by atoms with E-state index in [0.29, 0.717) is 22.0 Å². The molecule has 1 aliphatic rings. The molecule has 1 saturated heterocycles. The van der Waals surface area contributed by atoms with Gasteiger partial charge in [-0.3, -0.25) is 9.69 Å². The quantitative estimate of drug-likeness (QED) is 0.564. The van der Waals surface area contributed by atoms with Crippen molar-refractivity contribution in [2.45, 2.75) is 0 Å². The first-order chi connectivity index (χ1) is 13.4. The summed E-state index contributed by atoms with van der Waals surface area (Å²) in [6.45, 7) is 0. The van der Waals surface area contributed by atoms with Crippen LogP contribution in [0.3, 0.4) is 0 Å². The first-order valence-electron chi connectivity index (χ1n) is 7.92. The van der Waals surface area contributed by atoms with Crippen molar-refractivity contribution in [3.05, 3.63) is 52.4 Å². The molecule has 1 amide bonds. The number of thiocarbonyl (C=S) groups is 1. The van der Waals surface area contributed by atoms with E-state index in [9.17, 15) is 14.7 Å². The summed E-state index contributed by atoms with van der Waals surface area (Å²) in [5.41, 5.74) is 0.670. The summed E-state index contributed by atoms with van der Waals surface area (Å²) in [6.07, 6.45) is 1.64. The second-order valence-electron chi connectivity index (χ2n) is 5.61. The van der Waals surface area contributed by atoms with Crippen LogP contribution in [0.25, 0.3) is 6.08 Å². The third kappa shape index (κ3) is 3.54. The number of nitrogens with zero attached hydrogens (tertiary/aromatic N) is 1. The zero-order chi connectivity index (χ0) is 20.4. The van der Waals surface area contributed by atoms with Crippen molar-refractivity contribution in [3.63, 3.8) is 0 Å². The van der Waals surface area contributed by atoms with E-state index in [-0.39, 0.29) is 21.5 Å². The van der Waals surface area contributed by atoms with E-state index in [2.05, 4.69) is 0 Å². The average molecular weight is 417 g/mol. The second kappa shape index (κ2) is 7.91. The summed E-state index contributed by atoms with van der Waals surface area (Å²) < 4.78 is 10.9. The molecule has 1 heterocycles. The largest absolute Gasteiger partial charge is 0.507 e. The van der Waals surface area contributed by atoms with E-state index < -0.39 is 11.7 Å². The van der Waals surface area contributed by atoms with Crippen molar-refractivity contribution in [3.8, 4) is 17.2 Å². The van der Waals surface area contributed by atoms with Crippen LogP contribution in [0, 0.1) is 0 Å². The van der Waals surface area contributed by atoms with Crippen LogP contribution in [0.5, 0.6) is 17.2 Å². The van der Waals surface area contributed by atoms with Crippen LogP contribution < -0.4 is 14.4 Å². The zero-order valence-electron chi connectivity index (χ0n) is 14.8. The lowest BCUT2D eigenvalue weighted by molar-refractivity contribution is -0.113. The van der Waals surface area contributed by atoms with Gasteiger partial charge in [0.15, 0.2) is 15.8 Å². The Balaban J connectivity index is 1.98. The highest BCUT2D eigenvalue weighted by Crippen LogP contribution is 2.40. The molecule has 9 heteroatoms. The molecule has 1 aliphatic heterocycles. The number of hydrogen-bond donors (Lipinski definition) is 2. The van der Waals surface area contributed by atoms with Crippen molar-refractivity contribution in [1.29, 1.82) is 0 Å². The molecule has 0 atom stereocenters. The summed E-state index contributed by atoms with van der Waals surface area (Å²) >= 11 is 6.40. The van der Waals surface area contributed by atoms with Crippen molar-refractivity contribution >= 4 is 51.9 Å². The molecule has 0 aromatic heterocycles. The number of ether oxygens (including phenoxy) is 2. The number of aromatic hydroxyl groups is 1. The fraction of sp³-hybridized carbons (Fsp3) is 0.105. The van der Waals surface area contributed by atoms with Crippen LogP contribution in [0.15, 0.2) is 41.3 Å². The zero-order valence-corrected chi connectivity index (χ0v) is 16.5. The van der Waals surface area contributed by atoms with E-state index in [1.165, 1.54) is 37.3 Å². The van der Waals surface area contributed by atoms with Gasteiger partial charge < -0.3 is 19.7 Å². The number of anilines is 1. The number of methoxy groups -OCH3 is 2. The molecule has 3 rings (SSSR count). The van der Waals surface area contributed by atoms with Gasteiger partial charge in [0.05, 0.1) is 24.8 Å². The Morgan fingerprint density at radius 2 is 1.96 bits per heavy atom. The first-order valence-corrected chi connectivity index (χ1v) is 9.15. The molecule has 7 nitrogen and oxygen atoms in total. The minimum absolute atomic E-state index is 0.258. The number of para-hydroxylation sites is 1. The summed E-state index contributed by atoms with van der Waals surface area (Å²) in [4.78, 5) is 25.5. The van der Waals surface area contributed by atoms with Gasteiger partial charge in [-0.25, -0.2) is 4.79 Å². The summed E-state index contributed by atoms with van der Waals surface area (Å²) in [6, 6.07) is 9.14. The van der Waals surface area contributed by atoms with E-state index in [0.717, 1.165) is 11.8 Å². The van der Waals surface area contributed by atoms with Crippen molar-refractivity contribution in [2.24, 2.45) is 0 Å². The number of carboxylic acid groups (broad SMARTS) is 1. The molecule has 2 aromatic carbocycles. The number of carboxylic acids is 1. The monoisotopic (exact) mass is 417 g/mol. The molecule has 0 unspecified atom stereocenters. The molecule has 0 saturated carbocycles. The van der Waals surface area contributed by atoms with Gasteiger partial charge in [-0.05, 0) is 24.3 Å². The lowest BCUT2D eigenvalue weighted by Gasteiger charge is -2.15. The molecular weight excluding hydrogens is 402 g/mol. The summed E-state index contributed by atoms with van der Waals surface area (Å²) in [5.74, 6) is -1.08. The van der Waals surface area contributed by atoms with E-state index in [1.807, 2.05) is 0 Å². The van der Waals surface area contributed by atoms with E-state index >= 15 is 0 Å². The van der Waals surface area contributed by atoms with Gasteiger partial charge in [-0.1, -0.05) is 36.1 Å². The third-order valence-corrected chi connectivity index (χ3v) is 5.29. The predicted octanol–water partition coefficient (Wildman–Crippen LogP) is 3.51. The van der Waals surface area contributed by atoms with Crippen LogP contribution in [0.1, 0.15) is 15.9 Å². The first kappa shape index (κ1) is 19.7. The third-order valence-electron chi connectivity index (χ3n) is 3.98. The van der Waals surface area contributed by atoms with Gasteiger partial charge >= 0.3 is 5.97 Å². The normalized spacial score (nSPS) is 15.2. The fourth-order valence-electron chi connectivity index (χ4n) is 2.70. The van der Waals surface area contributed by atoms with Gasteiger partial charge in [0, 0.05) is 11.6 Å². The number of thioether (sulfide) groups is 1. The molecule has 2 N–H and O–H groups in total. The lowest BCUT2D eigenvalue weighted by atomic mass is 10.1. The molecular formula is C19H15NO6S2. The highest BCUT2D eigenvalue weighted by atomic mass is 32.2. The van der Waals surface area contributed by atoms with Crippen molar-refractivity contribution in [2.75, 3.05) is 19.1 Å². The van der Waals surface area contributed by atoms with Crippen LogP contribution >= 0.6 is 24.0 Å². The van der Waals surface area contributed by atoms with Crippen LogP contribution in [0.4, 0.5) is 5.69 Å². The van der Waals surface area contributed by atoms with E-state index in [4.69, 9.17) is 26.8 Å². The van der Waals surface area contributed by atoms with Crippen molar-refractivity contribution < 1.29 is 29.3 Å². The topological polar surface area (TPSA) is 96.3 Å². The van der Waals surface area contributed by atoms with Crippen LogP contribution in [-0.4, -0.2) is 40.6 Å². The van der Waals surface area contributed by atoms with Crippen molar-refractivity contribution in [1.82, 2.24) is 0 Å². The summed E-state index contributed by atoms with van der Waals surface area (Å²) in [7, 11) is 3.03. The SMILES string of the molecule is COc1cccc(/C=C2\SC(=S)N(c3ccc(C(=O)O)c(O)c3)C2=O)c1OC. The maximum absolute atomic E-state index is 12.9. The van der Waals surface area contributed by atoms with Crippen LogP contribution in [-0.2, 0) is 4.79 Å². The van der Waals surface area contributed by atoms with Gasteiger partial charge in [-0.15, -0.1) is 0 Å². The highest BCUT2D eigenvalue weighted by Gasteiger charge is 2.34. The van der Waals surface area contributed by atoms with Gasteiger partial charge in [-0.2, -0.15) is 0 Å². The molecule has 0 bridgehead atoms. The Hall–Kier alpha value is -3.04. The second-order valence-corrected chi connectivity index (χ2v) is 7.28. The Morgan fingerprint density at radius 1 is 1.21 bits per heavy atom. The number of benzene rings is 2. The molecule has 28 heavy (non-hydrogen) atoms. The van der Waals surface area contributed by atoms with Gasteiger partial charge in [0.25, 0.3) is 5.91 Å². The Morgan fingerprint density at radius 3 is 2.57 bits per heavy atom. The predicted molar refractivity (Wildman–Crippen MR) is 110 cm³/mol. The van der Waals surface area contributed by atoms with Gasteiger partial charge in [0.1, 0.15) is 11.3 Å². The van der Waals surface area contributed by atoms with Gasteiger partial charge in [0.2, 0.25) is 0 Å². The molecule has 0 spiro atoms. The minimum atomic E-state index is -1.26. The Bertz CT molecular complexity index is 1020. The number of carbonyl (C=O) groups excluding carboxylic acids is 1.